The summed E-state index contributed by atoms with van der Waals surface area (Å²) in [6.07, 6.45) is 1.72. The lowest BCUT2D eigenvalue weighted by molar-refractivity contribution is -0.124. The van der Waals surface area contributed by atoms with Crippen LogP contribution in [0.4, 0.5) is 0 Å². The van der Waals surface area contributed by atoms with Crippen molar-refractivity contribution in [3.8, 4) is 11.5 Å². The minimum atomic E-state index is -0.373. The molecule has 21 heavy (non-hydrogen) atoms. The van der Waals surface area contributed by atoms with E-state index in [-0.39, 0.29) is 18.2 Å². The van der Waals surface area contributed by atoms with Crippen molar-refractivity contribution in [3.63, 3.8) is 0 Å². The molecule has 0 spiro atoms. The number of amides is 1. The first kappa shape index (κ1) is 15.1. The van der Waals surface area contributed by atoms with E-state index in [0.717, 1.165) is 5.56 Å². The van der Waals surface area contributed by atoms with Gasteiger partial charge in [-0.05, 0) is 19.1 Å². The molecule has 0 saturated carbocycles. The van der Waals surface area contributed by atoms with Crippen LogP contribution >= 0.6 is 0 Å². The van der Waals surface area contributed by atoms with E-state index in [2.05, 4.69) is 21.2 Å². The molecule has 1 heterocycles. The fourth-order valence-corrected chi connectivity index (χ4v) is 2.06. The maximum atomic E-state index is 11.4. The number of hydrogen-bond donors (Lipinski definition) is 3. The van der Waals surface area contributed by atoms with Crippen LogP contribution in [-0.4, -0.2) is 38.7 Å². The molecule has 0 bridgehead atoms. The molecule has 3 N–H and O–H groups in total. The van der Waals surface area contributed by atoms with E-state index in [1.807, 2.05) is 19.1 Å². The molecule has 2 rings (SSSR count). The van der Waals surface area contributed by atoms with Crippen LogP contribution in [0.15, 0.2) is 23.3 Å². The van der Waals surface area contributed by atoms with Gasteiger partial charge in [0.15, 0.2) is 6.29 Å². The zero-order chi connectivity index (χ0) is 15.2. The third kappa shape index (κ3) is 4.09. The highest BCUT2D eigenvalue weighted by atomic mass is 16.5. The number of hydrogen-bond acceptors (Lipinski definition) is 6. The number of rotatable bonds is 5. The third-order valence-corrected chi connectivity index (χ3v) is 3.10. The van der Waals surface area contributed by atoms with E-state index in [1.54, 1.807) is 26.5 Å². The Labute approximate surface area is 123 Å². The first-order chi connectivity index (χ1) is 10.1. The smallest absolute Gasteiger partial charge is 0.224 e. The number of nitrogens with one attached hydrogen (secondary N) is 3. The predicted molar refractivity (Wildman–Crippen MR) is 79.4 cm³/mol. The molecular formula is C14H20N4O3. The average molecular weight is 292 g/mol. The Morgan fingerprint density at radius 1 is 1.38 bits per heavy atom. The second-order valence-electron chi connectivity index (χ2n) is 4.77. The van der Waals surface area contributed by atoms with E-state index in [1.165, 1.54) is 0 Å². The number of methoxy groups -OCH3 is 2. The van der Waals surface area contributed by atoms with Gasteiger partial charge in [0, 0.05) is 24.1 Å². The zero-order valence-electron chi connectivity index (χ0n) is 12.3. The standard InChI is InChI=1S/C14H20N4O3/c1-9-6-13(19)17-14(16-9)18-15-8-10-4-5-11(20-2)7-12(10)21-3/h4-5,7-9,14,16,18H,6H2,1-3H3,(H,17,19)/b15-8+. The lowest BCUT2D eigenvalue weighted by atomic mass is 10.2. The molecule has 1 aromatic rings. The van der Waals surface area contributed by atoms with E-state index >= 15 is 0 Å². The van der Waals surface area contributed by atoms with Crippen LogP contribution in [-0.2, 0) is 4.79 Å². The number of carbonyl (C=O) groups excluding carboxylic acids is 1. The Kier molecular flexibility index (Phi) is 4.99. The van der Waals surface area contributed by atoms with Gasteiger partial charge in [-0.15, -0.1) is 0 Å². The van der Waals surface area contributed by atoms with Gasteiger partial charge in [-0.2, -0.15) is 5.10 Å². The molecule has 1 aromatic carbocycles. The Hall–Kier alpha value is -2.28. The lowest BCUT2D eigenvalue weighted by Gasteiger charge is -2.28. The summed E-state index contributed by atoms with van der Waals surface area (Å²) in [5.74, 6) is 1.37. The van der Waals surface area contributed by atoms with Crippen LogP contribution in [0.2, 0.25) is 0 Å². The lowest BCUT2D eigenvalue weighted by Crippen LogP contribution is -2.60. The molecule has 1 aliphatic heterocycles. The normalized spacial score (nSPS) is 22.0. The maximum Gasteiger partial charge on any atom is 0.224 e. The summed E-state index contributed by atoms with van der Waals surface area (Å²) in [5, 5.41) is 10.1. The van der Waals surface area contributed by atoms with Gasteiger partial charge in [-0.25, -0.2) is 0 Å². The Morgan fingerprint density at radius 3 is 2.86 bits per heavy atom. The van der Waals surface area contributed by atoms with Crippen molar-refractivity contribution in [3.05, 3.63) is 23.8 Å². The highest BCUT2D eigenvalue weighted by molar-refractivity contribution is 5.83. The molecule has 1 amide bonds. The van der Waals surface area contributed by atoms with Crippen molar-refractivity contribution in [2.75, 3.05) is 14.2 Å². The molecule has 7 heteroatoms. The molecule has 1 aliphatic rings. The van der Waals surface area contributed by atoms with E-state index in [9.17, 15) is 4.79 Å². The van der Waals surface area contributed by atoms with Crippen LogP contribution in [0, 0.1) is 0 Å². The molecule has 2 atom stereocenters. The molecular weight excluding hydrogens is 272 g/mol. The van der Waals surface area contributed by atoms with Gasteiger partial charge < -0.3 is 14.8 Å². The molecule has 2 unspecified atom stereocenters. The molecule has 0 aliphatic carbocycles. The SMILES string of the molecule is COc1ccc(/C=N/NC2NC(=O)CC(C)N2)c(OC)c1. The van der Waals surface area contributed by atoms with Crippen molar-refractivity contribution >= 4 is 12.1 Å². The summed E-state index contributed by atoms with van der Waals surface area (Å²) in [6, 6.07) is 5.57. The van der Waals surface area contributed by atoms with Crippen molar-refractivity contribution < 1.29 is 14.3 Å². The highest BCUT2D eigenvalue weighted by Crippen LogP contribution is 2.22. The van der Waals surface area contributed by atoms with Gasteiger partial charge in [-0.3, -0.25) is 15.5 Å². The van der Waals surface area contributed by atoms with Crippen LogP contribution in [0.25, 0.3) is 0 Å². The summed E-state index contributed by atoms with van der Waals surface area (Å²) >= 11 is 0. The van der Waals surface area contributed by atoms with Gasteiger partial charge in [0.05, 0.1) is 20.4 Å². The third-order valence-electron chi connectivity index (χ3n) is 3.10. The summed E-state index contributed by atoms with van der Waals surface area (Å²) in [4.78, 5) is 11.4. The first-order valence-corrected chi connectivity index (χ1v) is 6.68. The number of nitrogens with zero attached hydrogens (tertiary/aromatic N) is 1. The van der Waals surface area contributed by atoms with Gasteiger partial charge in [0.2, 0.25) is 5.91 Å². The molecule has 7 nitrogen and oxygen atoms in total. The van der Waals surface area contributed by atoms with Crippen LogP contribution in [0.5, 0.6) is 11.5 Å². The van der Waals surface area contributed by atoms with E-state index in [0.29, 0.717) is 17.9 Å². The summed E-state index contributed by atoms with van der Waals surface area (Å²) in [7, 11) is 3.19. The molecule has 0 aromatic heterocycles. The number of benzene rings is 1. The average Bonchev–Trinajstić information content (AvgIpc) is 2.46. The van der Waals surface area contributed by atoms with Crippen LogP contribution in [0.1, 0.15) is 18.9 Å². The van der Waals surface area contributed by atoms with Gasteiger partial charge >= 0.3 is 0 Å². The molecule has 0 radical (unpaired) electrons. The second-order valence-corrected chi connectivity index (χ2v) is 4.77. The highest BCUT2D eigenvalue weighted by Gasteiger charge is 2.21. The summed E-state index contributed by atoms with van der Waals surface area (Å²) in [6.45, 7) is 1.95. The van der Waals surface area contributed by atoms with Gasteiger partial charge in [0.25, 0.3) is 0 Å². The molecule has 114 valence electrons. The van der Waals surface area contributed by atoms with Crippen molar-refractivity contribution in [1.29, 1.82) is 0 Å². The van der Waals surface area contributed by atoms with E-state index in [4.69, 9.17) is 9.47 Å². The van der Waals surface area contributed by atoms with Crippen LogP contribution < -0.4 is 25.5 Å². The monoisotopic (exact) mass is 292 g/mol. The number of ether oxygens (including phenoxy) is 2. The number of hydrazone groups is 1. The predicted octanol–water partition coefficient (Wildman–Crippen LogP) is 0.409. The van der Waals surface area contributed by atoms with Gasteiger partial charge in [-0.1, -0.05) is 0 Å². The summed E-state index contributed by atoms with van der Waals surface area (Å²) < 4.78 is 10.4. The van der Waals surface area contributed by atoms with Gasteiger partial charge in [0.1, 0.15) is 11.5 Å². The van der Waals surface area contributed by atoms with Crippen molar-refractivity contribution in [2.24, 2.45) is 5.10 Å². The fourth-order valence-electron chi connectivity index (χ4n) is 2.06. The Balaban J connectivity index is 1.99. The summed E-state index contributed by atoms with van der Waals surface area (Å²) in [5.41, 5.74) is 3.66. The largest absolute Gasteiger partial charge is 0.497 e. The van der Waals surface area contributed by atoms with E-state index < -0.39 is 0 Å². The fraction of sp³-hybridized carbons (Fsp3) is 0.429. The number of carbonyl (C=O) groups is 1. The molecule has 1 fully saturated rings. The van der Waals surface area contributed by atoms with Crippen molar-refractivity contribution in [1.82, 2.24) is 16.1 Å². The molecule has 1 saturated heterocycles. The van der Waals surface area contributed by atoms with Crippen molar-refractivity contribution in [2.45, 2.75) is 25.7 Å². The first-order valence-electron chi connectivity index (χ1n) is 6.68. The van der Waals surface area contributed by atoms with Crippen LogP contribution in [0.3, 0.4) is 0 Å². The Morgan fingerprint density at radius 2 is 2.19 bits per heavy atom. The zero-order valence-corrected chi connectivity index (χ0v) is 12.3. The Bertz CT molecular complexity index is 533. The topological polar surface area (TPSA) is 84.0 Å². The minimum absolute atomic E-state index is 0.00372. The second kappa shape index (κ2) is 6.94. The maximum absolute atomic E-state index is 11.4. The quantitative estimate of drug-likeness (QED) is 0.541. The minimum Gasteiger partial charge on any atom is -0.497 e.